The summed E-state index contributed by atoms with van der Waals surface area (Å²) in [5.41, 5.74) is 1.16. The van der Waals surface area contributed by atoms with Crippen LogP contribution in [-0.2, 0) is 17.1 Å². The molecule has 170 valence electrons. The van der Waals surface area contributed by atoms with E-state index in [4.69, 9.17) is 0 Å². The molecule has 1 aromatic carbocycles. The van der Waals surface area contributed by atoms with E-state index >= 15 is 0 Å². The van der Waals surface area contributed by atoms with Crippen molar-refractivity contribution in [2.24, 2.45) is 7.05 Å². The Balaban J connectivity index is 1.43. The molecule has 0 radical (unpaired) electrons. The van der Waals surface area contributed by atoms with Crippen LogP contribution in [0.15, 0.2) is 72.3 Å². The zero-order chi connectivity index (χ0) is 23.4. The highest BCUT2D eigenvalue weighted by Gasteiger charge is 2.20. The van der Waals surface area contributed by atoms with E-state index in [0.717, 1.165) is 5.69 Å². The molecule has 0 aliphatic carbocycles. The van der Waals surface area contributed by atoms with Crippen LogP contribution in [0.1, 0.15) is 25.6 Å². The average molecular weight is 465 g/mol. The summed E-state index contributed by atoms with van der Waals surface area (Å²) in [6, 6.07) is 14.1. The van der Waals surface area contributed by atoms with Crippen molar-refractivity contribution in [1.29, 1.82) is 0 Å². The van der Waals surface area contributed by atoms with Crippen molar-refractivity contribution >= 4 is 38.9 Å². The number of aromatic nitrogens is 5. The number of imidazole rings is 1. The molecule has 33 heavy (non-hydrogen) atoms. The van der Waals surface area contributed by atoms with Crippen LogP contribution in [0.4, 0.5) is 28.8 Å². The minimum absolute atomic E-state index is 0.00942. The highest BCUT2D eigenvalue weighted by molar-refractivity contribution is 7.92. The molecule has 0 unspecified atom stereocenters. The molecule has 0 bridgehead atoms. The maximum Gasteiger partial charge on any atom is 0.280 e. The number of hydrogen-bond donors (Lipinski definition) is 3. The number of pyridine rings is 1. The van der Waals surface area contributed by atoms with Gasteiger partial charge in [-0.25, -0.2) is 19.9 Å². The largest absolute Gasteiger partial charge is 0.340 e. The molecule has 11 heteroatoms. The van der Waals surface area contributed by atoms with Gasteiger partial charge in [-0.3, -0.25) is 4.72 Å². The Morgan fingerprint density at radius 3 is 2.21 bits per heavy atom. The molecule has 0 amide bonds. The van der Waals surface area contributed by atoms with E-state index in [-0.39, 0.29) is 10.9 Å². The zero-order valence-electron chi connectivity index (χ0n) is 18.4. The molecule has 0 aliphatic heterocycles. The second-order valence-corrected chi connectivity index (χ2v) is 9.27. The summed E-state index contributed by atoms with van der Waals surface area (Å²) in [6.07, 6.45) is 4.64. The predicted octanol–water partition coefficient (Wildman–Crippen LogP) is 4.02. The number of aryl methyl sites for hydroxylation is 1. The summed E-state index contributed by atoms with van der Waals surface area (Å²) in [6.45, 7) is 3.93. The molecule has 3 aromatic heterocycles. The van der Waals surface area contributed by atoms with Crippen LogP contribution in [0.5, 0.6) is 0 Å². The van der Waals surface area contributed by atoms with Crippen LogP contribution in [0, 0.1) is 0 Å². The second-order valence-electron chi connectivity index (χ2n) is 7.64. The Morgan fingerprint density at radius 1 is 0.879 bits per heavy atom. The summed E-state index contributed by atoms with van der Waals surface area (Å²) >= 11 is 0. The third kappa shape index (κ3) is 5.44. The number of sulfonamides is 1. The molecule has 3 N–H and O–H groups in total. The quantitative estimate of drug-likeness (QED) is 0.357. The standard InChI is InChI=1S/C22H24N8O2S/c1-15(2)22-28-21(13-30(22)3)33(31,32)29-17-9-7-16(8-10-17)26-19-12-20(25-14-24-19)27-18-6-4-5-11-23-18/h4-15,29H,1-3H3,(H2,23,24,25,26,27). The lowest BCUT2D eigenvalue weighted by molar-refractivity contribution is 0.597. The maximum absolute atomic E-state index is 12.7. The van der Waals surface area contributed by atoms with Gasteiger partial charge in [0, 0.05) is 42.8 Å². The van der Waals surface area contributed by atoms with Gasteiger partial charge in [-0.05, 0) is 36.4 Å². The monoisotopic (exact) mass is 464 g/mol. The van der Waals surface area contributed by atoms with E-state index in [9.17, 15) is 8.42 Å². The minimum Gasteiger partial charge on any atom is -0.340 e. The Labute approximate surface area is 192 Å². The van der Waals surface area contributed by atoms with Gasteiger partial charge in [-0.15, -0.1) is 0 Å². The van der Waals surface area contributed by atoms with Gasteiger partial charge in [0.2, 0.25) is 0 Å². The van der Waals surface area contributed by atoms with Gasteiger partial charge < -0.3 is 15.2 Å². The van der Waals surface area contributed by atoms with Crippen molar-refractivity contribution in [2.75, 3.05) is 15.4 Å². The molecular weight excluding hydrogens is 440 g/mol. The molecule has 0 saturated heterocycles. The number of nitrogens with zero attached hydrogens (tertiary/aromatic N) is 5. The Bertz CT molecular complexity index is 1340. The first-order chi connectivity index (χ1) is 15.8. The third-order valence-electron chi connectivity index (χ3n) is 4.68. The lowest BCUT2D eigenvalue weighted by Crippen LogP contribution is -2.13. The Morgan fingerprint density at radius 2 is 1.58 bits per heavy atom. The van der Waals surface area contributed by atoms with E-state index in [1.807, 2.05) is 32.0 Å². The molecule has 0 aliphatic rings. The van der Waals surface area contributed by atoms with Gasteiger partial charge in [0.15, 0.2) is 5.03 Å². The Hall–Kier alpha value is -3.99. The maximum atomic E-state index is 12.7. The molecule has 0 fully saturated rings. The lowest BCUT2D eigenvalue weighted by Gasteiger charge is -2.10. The third-order valence-corrected chi connectivity index (χ3v) is 5.93. The van der Waals surface area contributed by atoms with E-state index < -0.39 is 10.0 Å². The van der Waals surface area contributed by atoms with E-state index in [2.05, 4.69) is 35.3 Å². The highest BCUT2D eigenvalue weighted by atomic mass is 32.2. The first-order valence-electron chi connectivity index (χ1n) is 10.2. The summed E-state index contributed by atoms with van der Waals surface area (Å²) < 4.78 is 29.7. The molecule has 4 rings (SSSR count). The van der Waals surface area contributed by atoms with Gasteiger partial charge in [-0.2, -0.15) is 8.42 Å². The van der Waals surface area contributed by atoms with Crippen LogP contribution in [0.3, 0.4) is 0 Å². The van der Waals surface area contributed by atoms with Crippen LogP contribution >= 0.6 is 0 Å². The molecule has 0 spiro atoms. The van der Waals surface area contributed by atoms with E-state index in [1.54, 1.807) is 48.1 Å². The van der Waals surface area contributed by atoms with E-state index in [1.165, 1.54) is 12.5 Å². The topological polar surface area (TPSA) is 127 Å². The fourth-order valence-corrected chi connectivity index (χ4v) is 4.22. The lowest BCUT2D eigenvalue weighted by atomic mass is 10.2. The van der Waals surface area contributed by atoms with Crippen molar-refractivity contribution in [3.63, 3.8) is 0 Å². The number of benzene rings is 1. The molecule has 0 atom stereocenters. The number of anilines is 5. The van der Waals surface area contributed by atoms with Gasteiger partial charge in [0.05, 0.1) is 0 Å². The number of nitrogens with one attached hydrogen (secondary N) is 3. The predicted molar refractivity (Wildman–Crippen MR) is 127 cm³/mol. The van der Waals surface area contributed by atoms with Crippen LogP contribution in [-0.4, -0.2) is 32.9 Å². The van der Waals surface area contributed by atoms with Crippen LogP contribution in [0.2, 0.25) is 0 Å². The summed E-state index contributed by atoms with van der Waals surface area (Å²) in [7, 11) is -2.01. The molecule has 3 heterocycles. The van der Waals surface area contributed by atoms with Crippen molar-refractivity contribution < 1.29 is 8.42 Å². The molecule has 10 nitrogen and oxygen atoms in total. The van der Waals surface area contributed by atoms with Crippen molar-refractivity contribution in [3.05, 3.63) is 73.1 Å². The van der Waals surface area contributed by atoms with E-state index in [0.29, 0.717) is 29.0 Å². The van der Waals surface area contributed by atoms with Crippen molar-refractivity contribution in [2.45, 2.75) is 24.8 Å². The van der Waals surface area contributed by atoms with Gasteiger partial charge in [0.25, 0.3) is 10.0 Å². The second kappa shape index (κ2) is 9.25. The van der Waals surface area contributed by atoms with Crippen molar-refractivity contribution in [1.82, 2.24) is 24.5 Å². The van der Waals surface area contributed by atoms with Gasteiger partial charge in [-0.1, -0.05) is 19.9 Å². The molecule has 4 aromatic rings. The zero-order valence-corrected chi connectivity index (χ0v) is 19.2. The average Bonchev–Trinajstić information content (AvgIpc) is 3.19. The normalized spacial score (nSPS) is 11.4. The van der Waals surface area contributed by atoms with Gasteiger partial charge in [0.1, 0.15) is 29.6 Å². The molecular formula is C22H24N8O2S. The number of hydrogen-bond acceptors (Lipinski definition) is 8. The SMILES string of the molecule is CC(C)c1nc(S(=O)(=O)Nc2ccc(Nc3cc(Nc4ccccn4)ncn3)cc2)cn1C. The fraction of sp³-hybridized carbons (Fsp3) is 0.182. The summed E-state index contributed by atoms with van der Waals surface area (Å²) in [5.74, 6) is 2.66. The molecule has 0 saturated carbocycles. The first kappa shape index (κ1) is 22.2. The van der Waals surface area contributed by atoms with Crippen molar-refractivity contribution in [3.8, 4) is 0 Å². The minimum atomic E-state index is -3.79. The van der Waals surface area contributed by atoms with Gasteiger partial charge >= 0.3 is 0 Å². The van der Waals surface area contributed by atoms with Crippen LogP contribution in [0.25, 0.3) is 0 Å². The summed E-state index contributed by atoms with van der Waals surface area (Å²) in [5, 5.41) is 6.27. The Kier molecular flexibility index (Phi) is 6.22. The fourth-order valence-electron chi connectivity index (χ4n) is 3.16. The first-order valence-corrected chi connectivity index (χ1v) is 11.7. The van der Waals surface area contributed by atoms with Crippen LogP contribution < -0.4 is 15.4 Å². The number of rotatable bonds is 8. The smallest absolute Gasteiger partial charge is 0.280 e. The highest BCUT2D eigenvalue weighted by Crippen LogP contribution is 2.22. The summed E-state index contributed by atoms with van der Waals surface area (Å²) in [4.78, 5) is 16.9.